The second-order valence-corrected chi connectivity index (χ2v) is 10.9. The molecule has 4 aromatic rings. The fourth-order valence-electron chi connectivity index (χ4n) is 5.24. The number of hydrogen-bond acceptors (Lipinski definition) is 6. The summed E-state index contributed by atoms with van der Waals surface area (Å²) in [4.78, 5) is 23.3. The lowest BCUT2D eigenvalue weighted by molar-refractivity contribution is 0.0923. The van der Waals surface area contributed by atoms with Gasteiger partial charge in [-0.3, -0.25) is 9.69 Å². The first-order valence-corrected chi connectivity index (χ1v) is 14.2. The van der Waals surface area contributed by atoms with Crippen molar-refractivity contribution in [1.82, 2.24) is 20.2 Å². The molecule has 7 nitrogen and oxygen atoms in total. The Morgan fingerprint density at radius 3 is 2.74 bits per heavy atom. The molecule has 2 heterocycles. The van der Waals surface area contributed by atoms with Crippen molar-refractivity contribution in [3.63, 3.8) is 0 Å². The monoisotopic (exact) mass is 532 g/mol. The van der Waals surface area contributed by atoms with Crippen molar-refractivity contribution in [2.45, 2.75) is 57.7 Å². The number of ether oxygens (including phenoxy) is 2. The summed E-state index contributed by atoms with van der Waals surface area (Å²) in [7, 11) is 3.35. The van der Waals surface area contributed by atoms with Crippen LogP contribution in [0.25, 0.3) is 10.9 Å². The van der Waals surface area contributed by atoms with E-state index in [2.05, 4.69) is 51.7 Å². The summed E-state index contributed by atoms with van der Waals surface area (Å²) in [6.45, 7) is 2.18. The number of carbonyl (C=O) groups excluding carboxylic acids is 1. The second-order valence-electron chi connectivity index (χ2n) is 9.93. The molecule has 8 heteroatoms. The van der Waals surface area contributed by atoms with Crippen LogP contribution in [0.4, 0.5) is 0 Å². The second kappa shape index (κ2) is 12.5. The Balaban J connectivity index is 1.31. The van der Waals surface area contributed by atoms with E-state index < -0.39 is 0 Å². The molecule has 38 heavy (non-hydrogen) atoms. The van der Waals surface area contributed by atoms with Crippen molar-refractivity contribution in [3.8, 4) is 11.5 Å². The Hall–Kier alpha value is -3.36. The first kappa shape index (κ1) is 26.3. The molecule has 0 spiro atoms. The number of methoxy groups -OCH3 is 2. The minimum absolute atomic E-state index is 0.0541. The molecule has 2 N–H and O–H groups in total. The molecule has 2 aromatic carbocycles. The van der Waals surface area contributed by atoms with E-state index in [1.165, 1.54) is 30.2 Å². The molecule has 1 aliphatic rings. The molecule has 1 aliphatic carbocycles. The summed E-state index contributed by atoms with van der Waals surface area (Å²) < 4.78 is 11.1. The third kappa shape index (κ3) is 6.37. The maximum atomic E-state index is 12.8. The van der Waals surface area contributed by atoms with Gasteiger partial charge in [-0.05, 0) is 37.0 Å². The number of thiazole rings is 1. The van der Waals surface area contributed by atoms with Gasteiger partial charge in [-0.25, -0.2) is 4.98 Å². The van der Waals surface area contributed by atoms with E-state index in [4.69, 9.17) is 14.5 Å². The highest BCUT2D eigenvalue weighted by molar-refractivity contribution is 7.09. The van der Waals surface area contributed by atoms with E-state index in [9.17, 15) is 4.79 Å². The van der Waals surface area contributed by atoms with Crippen LogP contribution in [0.2, 0.25) is 0 Å². The molecule has 5 rings (SSSR count). The number of nitrogens with one attached hydrogen (secondary N) is 2. The summed E-state index contributed by atoms with van der Waals surface area (Å²) in [6, 6.07) is 14.6. The number of carbonyl (C=O) groups is 1. The zero-order valence-corrected chi connectivity index (χ0v) is 23.0. The number of amides is 1. The Morgan fingerprint density at radius 2 is 1.92 bits per heavy atom. The number of benzene rings is 2. The van der Waals surface area contributed by atoms with Gasteiger partial charge in [0.25, 0.3) is 5.91 Å². The maximum absolute atomic E-state index is 12.8. The lowest BCUT2D eigenvalue weighted by Gasteiger charge is -2.23. The smallest absolute Gasteiger partial charge is 0.270 e. The number of nitrogens with zero attached hydrogens (tertiary/aromatic N) is 2. The van der Waals surface area contributed by atoms with Crippen molar-refractivity contribution < 1.29 is 14.3 Å². The molecule has 200 valence electrons. The van der Waals surface area contributed by atoms with E-state index in [1.54, 1.807) is 25.6 Å². The standard InChI is InChI=1S/C30H36N4O3S/c1-36-24-13-12-22(28(16-24)37-2)18-34(15-14-21-17-31-26-11-7-6-10-25(21)26)19-29-33-27(20-38-29)30(35)32-23-8-4-3-5-9-23/h6-7,10-13,16-17,20,23,31H,3-5,8-9,14-15,18-19H2,1-2H3,(H,32,35). The number of aromatic amines is 1. The van der Waals surface area contributed by atoms with Crippen LogP contribution in [0.1, 0.15) is 58.7 Å². The van der Waals surface area contributed by atoms with Gasteiger partial charge in [-0.15, -0.1) is 11.3 Å². The van der Waals surface area contributed by atoms with Crippen molar-refractivity contribution in [3.05, 3.63) is 75.9 Å². The van der Waals surface area contributed by atoms with E-state index in [1.807, 2.05) is 17.5 Å². The highest BCUT2D eigenvalue weighted by Gasteiger charge is 2.20. The SMILES string of the molecule is COc1ccc(CN(CCc2c[nH]c3ccccc23)Cc2nc(C(=O)NC3CCCCC3)cs2)c(OC)c1. The lowest BCUT2D eigenvalue weighted by atomic mass is 9.95. The Morgan fingerprint density at radius 1 is 1.08 bits per heavy atom. The summed E-state index contributed by atoms with van der Waals surface area (Å²) in [5.74, 6) is 1.51. The van der Waals surface area contributed by atoms with E-state index in [-0.39, 0.29) is 11.9 Å². The molecule has 0 bridgehead atoms. The van der Waals surface area contributed by atoms with Gasteiger partial charge in [0.15, 0.2) is 0 Å². The zero-order chi connectivity index (χ0) is 26.3. The predicted molar refractivity (Wildman–Crippen MR) is 152 cm³/mol. The van der Waals surface area contributed by atoms with E-state index in [0.717, 1.165) is 53.4 Å². The number of hydrogen-bond donors (Lipinski definition) is 2. The van der Waals surface area contributed by atoms with Crippen molar-refractivity contribution in [1.29, 1.82) is 0 Å². The summed E-state index contributed by atoms with van der Waals surface area (Å²) in [5.41, 5.74) is 4.05. The molecule has 1 fully saturated rings. The molecule has 2 aromatic heterocycles. The normalized spacial score (nSPS) is 14.2. The van der Waals surface area contributed by atoms with Gasteiger partial charge in [-0.1, -0.05) is 43.5 Å². The van der Waals surface area contributed by atoms with Crippen molar-refractivity contribution >= 4 is 28.1 Å². The summed E-state index contributed by atoms with van der Waals surface area (Å²) in [5, 5.41) is 7.27. The van der Waals surface area contributed by atoms with E-state index >= 15 is 0 Å². The number of para-hydroxylation sites is 1. The third-order valence-electron chi connectivity index (χ3n) is 7.34. The van der Waals surface area contributed by atoms with Crippen molar-refractivity contribution in [2.24, 2.45) is 0 Å². The number of fused-ring (bicyclic) bond motifs is 1. The number of rotatable bonds is 11. The highest BCUT2D eigenvalue weighted by atomic mass is 32.1. The molecule has 0 unspecified atom stereocenters. The van der Waals surface area contributed by atoms with Gasteiger partial charge < -0.3 is 19.8 Å². The van der Waals surface area contributed by atoms with Gasteiger partial charge in [0.05, 0.1) is 20.8 Å². The molecule has 0 atom stereocenters. The van der Waals surface area contributed by atoms with Gasteiger partial charge in [-0.2, -0.15) is 0 Å². The third-order valence-corrected chi connectivity index (χ3v) is 8.18. The van der Waals surface area contributed by atoms with Crippen LogP contribution >= 0.6 is 11.3 Å². The van der Waals surface area contributed by atoms with Gasteiger partial charge >= 0.3 is 0 Å². The molecule has 0 saturated heterocycles. The van der Waals surface area contributed by atoms with Crippen LogP contribution in [-0.4, -0.2) is 47.6 Å². The van der Waals surface area contributed by atoms with Crippen molar-refractivity contribution in [2.75, 3.05) is 20.8 Å². The predicted octanol–water partition coefficient (Wildman–Crippen LogP) is 5.95. The average molecular weight is 533 g/mol. The van der Waals surface area contributed by atoms with Crippen LogP contribution in [0.3, 0.4) is 0 Å². The van der Waals surface area contributed by atoms with Gasteiger partial charge in [0, 0.05) is 53.2 Å². The summed E-state index contributed by atoms with van der Waals surface area (Å²) >= 11 is 1.55. The Bertz CT molecular complexity index is 1360. The topological polar surface area (TPSA) is 79.5 Å². The van der Waals surface area contributed by atoms with Gasteiger partial charge in [0.2, 0.25) is 0 Å². The molecular formula is C30H36N4O3S. The van der Waals surface area contributed by atoms with Crippen LogP contribution in [0.5, 0.6) is 11.5 Å². The van der Waals surface area contributed by atoms with E-state index in [0.29, 0.717) is 18.8 Å². The number of aromatic nitrogens is 2. The highest BCUT2D eigenvalue weighted by Crippen LogP contribution is 2.27. The lowest BCUT2D eigenvalue weighted by Crippen LogP contribution is -2.36. The fourth-order valence-corrected chi connectivity index (χ4v) is 6.06. The quantitative estimate of drug-likeness (QED) is 0.250. The Labute approximate surface area is 228 Å². The van der Waals surface area contributed by atoms with Crippen LogP contribution < -0.4 is 14.8 Å². The Kier molecular flexibility index (Phi) is 8.61. The zero-order valence-electron chi connectivity index (χ0n) is 22.2. The van der Waals surface area contributed by atoms with Crippen LogP contribution in [0, 0.1) is 0 Å². The van der Waals surface area contributed by atoms with Crippen LogP contribution in [-0.2, 0) is 19.5 Å². The fraction of sp³-hybridized carbons (Fsp3) is 0.400. The first-order chi connectivity index (χ1) is 18.6. The largest absolute Gasteiger partial charge is 0.497 e. The average Bonchev–Trinajstić information content (AvgIpc) is 3.60. The molecule has 1 amide bonds. The molecule has 1 saturated carbocycles. The minimum Gasteiger partial charge on any atom is -0.497 e. The molecule has 0 aliphatic heterocycles. The maximum Gasteiger partial charge on any atom is 0.270 e. The molecular weight excluding hydrogens is 496 g/mol. The minimum atomic E-state index is -0.0541. The first-order valence-electron chi connectivity index (χ1n) is 13.4. The van der Waals surface area contributed by atoms with Gasteiger partial charge in [0.1, 0.15) is 22.2 Å². The number of H-pyrrole nitrogens is 1. The van der Waals surface area contributed by atoms with Crippen LogP contribution in [0.15, 0.2) is 54.0 Å². The molecule has 0 radical (unpaired) electrons. The summed E-state index contributed by atoms with van der Waals surface area (Å²) in [6.07, 6.45) is 8.76.